The van der Waals surface area contributed by atoms with Crippen molar-refractivity contribution < 1.29 is 238 Å². The van der Waals surface area contributed by atoms with E-state index in [1.807, 2.05) is 0 Å². The topological polar surface area (TPSA) is 811 Å². The lowest BCUT2D eigenvalue weighted by Crippen LogP contribution is -2.63. The highest BCUT2D eigenvalue weighted by Crippen LogP contribution is 2.57. The summed E-state index contributed by atoms with van der Waals surface area (Å²) in [6.07, 6.45) is -27.4. The van der Waals surface area contributed by atoms with Crippen LogP contribution in [0.15, 0.2) is 78.9 Å². The van der Waals surface area contributed by atoms with Crippen LogP contribution in [0.3, 0.4) is 0 Å². The van der Waals surface area contributed by atoms with E-state index in [1.54, 1.807) is 0 Å². The molecule has 0 spiro atoms. The van der Waals surface area contributed by atoms with E-state index < -0.39 is 362 Å². The molecule has 0 unspecified atom stereocenters. The van der Waals surface area contributed by atoms with Crippen molar-refractivity contribution in [2.45, 2.75) is 61.4 Å². The van der Waals surface area contributed by atoms with Crippen molar-refractivity contribution >= 4 is 53.7 Å². The number of carbonyl (C=O) groups is 9. The Morgan fingerprint density at radius 1 is 0.285 bits per heavy atom. The second-order valence-electron chi connectivity index (χ2n) is 26.5. The van der Waals surface area contributed by atoms with Gasteiger partial charge < -0.3 is 195 Å². The van der Waals surface area contributed by atoms with E-state index in [2.05, 4.69) is 0 Å². The maximum absolute atomic E-state index is 15.4. The van der Waals surface area contributed by atoms with Crippen LogP contribution in [-0.2, 0) is 52.1 Å². The third-order valence-corrected chi connectivity index (χ3v) is 18.9. The second kappa shape index (κ2) is 31.3. The number of esters is 9. The summed E-state index contributed by atoms with van der Waals surface area (Å²) in [5.74, 6) is -57.5. The molecule has 0 radical (unpaired) electrons. The molecular formula is C75H54O48. The Bertz CT molecular complexity index is 6000. The van der Waals surface area contributed by atoms with Crippen LogP contribution in [-0.4, -0.2) is 266 Å². The summed E-state index contributed by atoms with van der Waals surface area (Å²) >= 11 is 0. The van der Waals surface area contributed by atoms with Gasteiger partial charge in [0, 0.05) is 28.3 Å². The lowest BCUT2D eigenvalue weighted by atomic mass is 9.92. The number of phenols is 26. The molecule has 123 heavy (non-hydrogen) atoms. The van der Waals surface area contributed by atoms with Gasteiger partial charge >= 0.3 is 53.7 Å². The minimum absolute atomic E-state index is 0.121. The van der Waals surface area contributed by atoms with Crippen LogP contribution in [0.5, 0.6) is 161 Å². The highest BCUT2D eigenvalue weighted by Gasteiger charge is 2.57. The number of aromatic hydroxyl groups is 26. The fraction of sp³-hybridized carbons (Fsp3) is 0.160. The number of hydrogen-bond donors (Lipinski definition) is 27. The first-order valence-electron chi connectivity index (χ1n) is 34.1. The molecule has 9 aromatic carbocycles. The number of cyclic esters (lactones) is 2. The lowest BCUT2D eigenvalue weighted by molar-refractivity contribution is -0.283. The highest BCUT2D eigenvalue weighted by molar-refractivity contribution is 6.10. The van der Waals surface area contributed by atoms with Crippen molar-refractivity contribution in [1.29, 1.82) is 0 Å². The predicted molar refractivity (Wildman–Crippen MR) is 380 cm³/mol. The zero-order valence-electron chi connectivity index (χ0n) is 60.3. The molecule has 0 amide bonds. The van der Waals surface area contributed by atoms with E-state index in [1.165, 1.54) is 0 Å². The fourth-order valence-electron chi connectivity index (χ4n) is 12.9. The first-order valence-corrected chi connectivity index (χ1v) is 34.1. The van der Waals surface area contributed by atoms with Gasteiger partial charge in [-0.2, -0.15) is 0 Å². The second-order valence-corrected chi connectivity index (χ2v) is 26.5. The quantitative estimate of drug-likeness (QED) is 0.0475. The number of phenolic OH excluding ortho intramolecular Hbond substituents is 26. The van der Waals surface area contributed by atoms with Gasteiger partial charge in [-0.3, -0.25) is 0 Å². The fourth-order valence-corrected chi connectivity index (χ4v) is 12.9. The molecule has 27 N–H and O–H groups in total. The Morgan fingerprint density at radius 2 is 0.569 bits per heavy atom. The Hall–Kier alpha value is -17.3. The van der Waals surface area contributed by atoms with Gasteiger partial charge in [0.1, 0.15) is 31.0 Å². The van der Waals surface area contributed by atoms with E-state index in [4.69, 9.17) is 56.8 Å². The lowest BCUT2D eigenvalue weighted by Gasteiger charge is -2.43. The maximum atomic E-state index is 15.4. The number of aliphatic hydroxyl groups is 1. The largest absolute Gasteiger partial charge is 0.504 e. The molecule has 10 atom stereocenters. The standard InChI is InChI=1S/C75H54O48/c76-25-1-16(2-26(77)44(25)88)65(103)119-62-58(102)74(115-38-14-112-69(107)20-9-32(83)48(92)53(97)40(20)42-22(71(109)117-60(38)62)11-34(85)50(94)55(42)99)122-68(106)19-7-31(82)47(91)37(8-19)114-59-24(13-36(87)52(96)57(59)101)73(111)121-64-63(120-66(104)17-3-27(78)45(89)28(79)4-17)61-39(116-75(64)123-67(105)18-5-29(80)46(90)30(81)6-18)15-113-70(108)21-10-33(84)49(93)54(98)41(21)43-23(72(110)118-61)12-35(86)51(95)56(43)100/h1-13,38-39,58,60-64,74-102H,14-15H2/t38-,39-,58-,60-,61-,62-,63+,64-,74+,75+/m1/s1. The molecule has 4 aliphatic heterocycles. The first kappa shape index (κ1) is 83.6. The minimum atomic E-state index is -3.05. The molecule has 642 valence electrons. The van der Waals surface area contributed by atoms with E-state index in [0.29, 0.717) is 66.7 Å². The smallest absolute Gasteiger partial charge is 0.342 e. The summed E-state index contributed by atoms with van der Waals surface area (Å²) < 4.78 is 67.5. The van der Waals surface area contributed by atoms with Gasteiger partial charge in [-0.1, -0.05) is 0 Å². The minimum Gasteiger partial charge on any atom is -0.504 e. The Kier molecular flexibility index (Phi) is 21.3. The summed E-state index contributed by atoms with van der Waals surface area (Å²) in [5.41, 5.74) is -15.2. The molecule has 9 aromatic rings. The van der Waals surface area contributed by atoms with E-state index >= 15 is 9.59 Å². The third-order valence-electron chi connectivity index (χ3n) is 18.9. The third kappa shape index (κ3) is 14.8. The average Bonchev–Trinajstić information content (AvgIpc) is 1.73. The summed E-state index contributed by atoms with van der Waals surface area (Å²) in [7, 11) is 0. The van der Waals surface area contributed by atoms with Crippen molar-refractivity contribution in [3.63, 3.8) is 0 Å². The first-order chi connectivity index (χ1) is 57.9. The van der Waals surface area contributed by atoms with E-state index in [9.17, 15) is 171 Å². The molecule has 48 nitrogen and oxygen atoms in total. The average molecular weight is 1720 g/mol. The van der Waals surface area contributed by atoms with Gasteiger partial charge in [-0.25, -0.2) is 43.2 Å². The monoisotopic (exact) mass is 1720 g/mol. The Balaban J connectivity index is 0.894. The van der Waals surface area contributed by atoms with Crippen LogP contribution in [0.4, 0.5) is 0 Å². The van der Waals surface area contributed by atoms with Crippen LogP contribution in [0.25, 0.3) is 22.3 Å². The van der Waals surface area contributed by atoms with Gasteiger partial charge in [0.15, 0.2) is 151 Å². The van der Waals surface area contributed by atoms with Crippen LogP contribution >= 0.6 is 0 Å². The van der Waals surface area contributed by atoms with E-state index in [0.717, 1.165) is 0 Å². The summed E-state index contributed by atoms with van der Waals surface area (Å²) in [6.45, 7) is -2.93. The SMILES string of the molecule is O=C(O[C@@H]1O[C@@H]2COC(=O)c3cc(O)c(O)c(O)c3-c3c(cc(O)c(O)c3O)C(=O)O[C@H]2[C@H](OC(=O)c2cc(O)c(O)c(O)c2)[C@H]1O)c1cc(O)c(O)c(Oc2c(C(=O)O[C@H]3[C@H](OC(=O)c4cc(O)c(O)c(O)c4)O[C@@H]4COC(=O)c5cc(O)c(O)c(O)c5-c5c(cc(O)c(O)c5O)C(=O)O[C@H]4[C@@H]3OC(=O)c3cc(O)c(O)c(O)c3)cc(O)c(O)c2O)c1. The van der Waals surface area contributed by atoms with Gasteiger partial charge in [0.25, 0.3) is 0 Å². The maximum Gasteiger partial charge on any atom is 0.342 e. The van der Waals surface area contributed by atoms with Crippen molar-refractivity contribution in [1.82, 2.24) is 0 Å². The van der Waals surface area contributed by atoms with Crippen LogP contribution in [0.1, 0.15) is 93.2 Å². The van der Waals surface area contributed by atoms with Crippen molar-refractivity contribution in [2.75, 3.05) is 13.2 Å². The zero-order valence-corrected chi connectivity index (χ0v) is 60.3. The number of aliphatic hydroxyl groups excluding tert-OH is 1. The number of rotatable bonds is 12. The normalized spacial score (nSPS) is 19.8. The zero-order chi connectivity index (χ0) is 89.7. The van der Waals surface area contributed by atoms with Gasteiger partial charge in [0.2, 0.25) is 58.9 Å². The Morgan fingerprint density at radius 3 is 0.951 bits per heavy atom. The molecule has 0 aromatic heterocycles. The number of fused-ring (bicyclic) bond motifs is 8. The number of carbonyl (C=O) groups excluding carboxylic acids is 9. The van der Waals surface area contributed by atoms with E-state index in [-0.39, 0.29) is 12.1 Å². The van der Waals surface area contributed by atoms with Gasteiger partial charge in [-0.15, -0.1) is 0 Å². The van der Waals surface area contributed by atoms with Crippen molar-refractivity contribution in [3.8, 4) is 183 Å². The predicted octanol–water partition coefficient (Wildman–Crippen LogP) is 2.75. The molecule has 2 fully saturated rings. The molecule has 0 bridgehead atoms. The van der Waals surface area contributed by atoms with Gasteiger partial charge in [0.05, 0.1) is 44.5 Å². The van der Waals surface area contributed by atoms with Crippen LogP contribution in [0.2, 0.25) is 0 Å². The summed E-state index contributed by atoms with van der Waals surface area (Å²) in [6, 6.07) is 4.59. The number of hydrogen-bond acceptors (Lipinski definition) is 48. The molecule has 4 aliphatic rings. The molecule has 0 aliphatic carbocycles. The Labute approximate surface area is 676 Å². The van der Waals surface area contributed by atoms with Crippen molar-refractivity contribution in [3.05, 3.63) is 129 Å². The molecular weight excluding hydrogens is 1670 g/mol. The molecule has 4 heterocycles. The van der Waals surface area contributed by atoms with Crippen LogP contribution < -0.4 is 4.74 Å². The highest BCUT2D eigenvalue weighted by atomic mass is 16.8. The molecule has 2 saturated heterocycles. The molecule has 0 saturated carbocycles. The molecule has 13 rings (SSSR count). The summed E-state index contributed by atoms with van der Waals surface area (Å²) in [4.78, 5) is 131. The number of ether oxygens (including phenoxy) is 12. The van der Waals surface area contributed by atoms with Gasteiger partial charge in [-0.05, 0) is 72.8 Å². The summed E-state index contributed by atoms with van der Waals surface area (Å²) in [5, 5.41) is 292. The van der Waals surface area contributed by atoms with Crippen molar-refractivity contribution in [2.24, 2.45) is 0 Å². The number of benzene rings is 9. The molecule has 48 heteroatoms. The van der Waals surface area contributed by atoms with Crippen LogP contribution in [0, 0.1) is 0 Å².